The summed E-state index contributed by atoms with van der Waals surface area (Å²) >= 11 is 7.77. The Morgan fingerprint density at radius 3 is 2.43 bits per heavy atom. The number of halogens is 2. The van der Waals surface area contributed by atoms with E-state index in [-0.39, 0.29) is 18.4 Å². The van der Waals surface area contributed by atoms with Gasteiger partial charge in [0.1, 0.15) is 5.82 Å². The van der Waals surface area contributed by atoms with E-state index < -0.39 is 0 Å². The highest BCUT2D eigenvalue weighted by molar-refractivity contribution is 7.98. The first-order chi connectivity index (χ1) is 16.8. The zero-order valence-corrected chi connectivity index (χ0v) is 21.2. The highest BCUT2D eigenvalue weighted by Gasteiger charge is 2.18. The van der Waals surface area contributed by atoms with Gasteiger partial charge in [0.05, 0.1) is 12.2 Å². The molecule has 180 valence electrons. The van der Waals surface area contributed by atoms with Crippen LogP contribution in [0.25, 0.3) is 5.69 Å². The molecule has 2 amide bonds. The summed E-state index contributed by atoms with van der Waals surface area (Å²) in [6.07, 6.45) is 0. The maximum absolute atomic E-state index is 13.3. The zero-order valence-electron chi connectivity index (χ0n) is 19.6. The van der Waals surface area contributed by atoms with E-state index in [1.165, 1.54) is 23.9 Å². The van der Waals surface area contributed by atoms with E-state index in [0.717, 1.165) is 33.6 Å². The molecule has 0 aliphatic heterocycles. The van der Waals surface area contributed by atoms with Crippen LogP contribution >= 0.6 is 23.4 Å². The van der Waals surface area contributed by atoms with Crippen molar-refractivity contribution in [3.8, 4) is 5.69 Å². The van der Waals surface area contributed by atoms with Crippen LogP contribution in [0.1, 0.15) is 28.1 Å². The Balaban J connectivity index is 1.57. The number of benzene rings is 3. The third kappa shape index (κ3) is 6.01. The Morgan fingerprint density at radius 1 is 1.00 bits per heavy atom. The van der Waals surface area contributed by atoms with Gasteiger partial charge in [-0.1, -0.05) is 59.8 Å². The number of urea groups is 1. The minimum Gasteiger partial charge on any atom is -0.331 e. The minimum atomic E-state index is -0.333. The lowest BCUT2D eigenvalue weighted by Gasteiger charge is -2.15. The maximum Gasteiger partial charge on any atom is 0.319 e. The predicted octanol–water partition coefficient (Wildman–Crippen LogP) is 6.60. The fourth-order valence-corrected chi connectivity index (χ4v) is 4.72. The molecule has 35 heavy (non-hydrogen) atoms. The average Bonchev–Trinajstić information content (AvgIpc) is 3.24. The second kappa shape index (κ2) is 10.9. The largest absolute Gasteiger partial charge is 0.331 e. The summed E-state index contributed by atoms with van der Waals surface area (Å²) < 4.78 is 15.2. The van der Waals surface area contributed by atoms with Gasteiger partial charge in [0, 0.05) is 16.5 Å². The van der Waals surface area contributed by atoms with Crippen molar-refractivity contribution in [3.63, 3.8) is 0 Å². The summed E-state index contributed by atoms with van der Waals surface area (Å²) in [5, 5.41) is 15.8. The molecule has 1 heterocycles. The van der Waals surface area contributed by atoms with E-state index in [9.17, 15) is 9.18 Å². The number of nitrogens with zero attached hydrogens (tertiary/aromatic N) is 3. The van der Waals surface area contributed by atoms with Crippen molar-refractivity contribution in [2.75, 3.05) is 5.32 Å². The van der Waals surface area contributed by atoms with Crippen LogP contribution in [0.2, 0.25) is 5.02 Å². The van der Waals surface area contributed by atoms with Crippen LogP contribution in [-0.4, -0.2) is 20.8 Å². The molecule has 0 spiro atoms. The van der Waals surface area contributed by atoms with Crippen molar-refractivity contribution >= 4 is 35.1 Å². The van der Waals surface area contributed by atoms with Crippen LogP contribution in [0, 0.1) is 26.6 Å². The number of aryl methyl sites for hydroxylation is 3. The number of hydrogen-bond acceptors (Lipinski definition) is 4. The highest BCUT2D eigenvalue weighted by atomic mass is 35.5. The molecule has 0 saturated carbocycles. The first-order valence-electron chi connectivity index (χ1n) is 11.0. The van der Waals surface area contributed by atoms with Gasteiger partial charge in [-0.15, -0.1) is 10.2 Å². The van der Waals surface area contributed by atoms with Gasteiger partial charge >= 0.3 is 6.03 Å². The van der Waals surface area contributed by atoms with Gasteiger partial charge in [-0.25, -0.2) is 9.18 Å². The number of anilines is 1. The lowest BCUT2D eigenvalue weighted by molar-refractivity contribution is 0.251. The van der Waals surface area contributed by atoms with Crippen LogP contribution in [-0.2, 0) is 12.3 Å². The Labute approximate surface area is 212 Å². The molecule has 0 fully saturated rings. The van der Waals surface area contributed by atoms with Gasteiger partial charge in [0.15, 0.2) is 11.0 Å². The van der Waals surface area contributed by atoms with E-state index in [1.54, 1.807) is 12.1 Å². The average molecular weight is 510 g/mol. The molecule has 2 N–H and O–H groups in total. The molecule has 0 bridgehead atoms. The molecule has 1 aromatic heterocycles. The molecule has 0 radical (unpaired) electrons. The first-order valence-corrected chi connectivity index (χ1v) is 12.4. The molecule has 0 aliphatic carbocycles. The van der Waals surface area contributed by atoms with Crippen molar-refractivity contribution in [1.82, 2.24) is 20.1 Å². The predicted molar refractivity (Wildman–Crippen MR) is 139 cm³/mol. The highest BCUT2D eigenvalue weighted by Crippen LogP contribution is 2.28. The number of para-hydroxylation sites is 1. The fourth-order valence-electron chi connectivity index (χ4n) is 3.63. The first kappa shape index (κ1) is 24.8. The molecule has 9 heteroatoms. The van der Waals surface area contributed by atoms with E-state index >= 15 is 0 Å². The summed E-state index contributed by atoms with van der Waals surface area (Å²) in [5.74, 6) is 0.871. The Bertz CT molecular complexity index is 1340. The zero-order chi connectivity index (χ0) is 24.9. The molecule has 3 aromatic carbocycles. The van der Waals surface area contributed by atoms with Crippen LogP contribution < -0.4 is 10.6 Å². The van der Waals surface area contributed by atoms with Crippen LogP contribution in [0.15, 0.2) is 65.8 Å². The molecule has 0 saturated heterocycles. The number of carbonyl (C=O) groups is 1. The lowest BCUT2D eigenvalue weighted by atomic mass is 10.1. The number of hydrogen-bond donors (Lipinski definition) is 2. The normalized spacial score (nSPS) is 10.9. The lowest BCUT2D eigenvalue weighted by Crippen LogP contribution is -2.30. The molecule has 0 unspecified atom stereocenters. The summed E-state index contributed by atoms with van der Waals surface area (Å²) in [7, 11) is 0. The van der Waals surface area contributed by atoms with Crippen molar-refractivity contribution in [3.05, 3.63) is 99.6 Å². The minimum absolute atomic E-state index is 0.160. The Morgan fingerprint density at radius 2 is 1.71 bits per heavy atom. The summed E-state index contributed by atoms with van der Waals surface area (Å²) in [4.78, 5) is 12.7. The van der Waals surface area contributed by atoms with Gasteiger partial charge in [-0.2, -0.15) is 0 Å². The summed E-state index contributed by atoms with van der Waals surface area (Å²) in [6, 6.07) is 17.5. The molecule has 6 nitrogen and oxygen atoms in total. The molecular weight excluding hydrogens is 485 g/mol. The third-order valence-electron chi connectivity index (χ3n) is 5.52. The van der Waals surface area contributed by atoms with E-state index in [0.29, 0.717) is 21.8 Å². The quantitative estimate of drug-likeness (QED) is 0.275. The van der Waals surface area contributed by atoms with Gasteiger partial charge < -0.3 is 10.6 Å². The Hall–Kier alpha value is -3.36. The Kier molecular flexibility index (Phi) is 7.73. The SMILES string of the molecule is Cc1ccc(Cl)cc1-n1c(CNC(=O)Nc2c(C)cccc2C)nnc1SCc1ccc(F)cc1. The molecule has 0 atom stereocenters. The van der Waals surface area contributed by atoms with E-state index in [2.05, 4.69) is 20.8 Å². The van der Waals surface area contributed by atoms with Crippen LogP contribution in [0.4, 0.5) is 14.9 Å². The number of carbonyl (C=O) groups excluding carboxylic acids is 1. The van der Waals surface area contributed by atoms with Crippen molar-refractivity contribution in [2.45, 2.75) is 38.2 Å². The summed E-state index contributed by atoms with van der Waals surface area (Å²) in [5.41, 5.74) is 5.53. The van der Waals surface area contributed by atoms with E-state index in [1.807, 2.05) is 61.7 Å². The van der Waals surface area contributed by atoms with Crippen molar-refractivity contribution < 1.29 is 9.18 Å². The van der Waals surface area contributed by atoms with Gasteiger partial charge in [0.25, 0.3) is 0 Å². The fraction of sp³-hybridized carbons (Fsp3) is 0.192. The smallest absolute Gasteiger partial charge is 0.319 e. The van der Waals surface area contributed by atoms with Crippen molar-refractivity contribution in [2.24, 2.45) is 0 Å². The molecule has 0 aliphatic rings. The number of nitrogens with one attached hydrogen (secondary N) is 2. The maximum atomic E-state index is 13.3. The standard InChI is InChI=1S/C26H25ClFN5OS/c1-16-7-10-20(27)13-22(16)33-23(14-29-25(34)30-24-17(2)5-4-6-18(24)3)31-32-26(33)35-15-19-8-11-21(28)12-9-19/h4-13H,14-15H2,1-3H3,(H2,29,30,34). The molecule has 4 aromatic rings. The third-order valence-corrected chi connectivity index (χ3v) is 6.76. The number of amides is 2. The molecule has 4 rings (SSSR count). The number of thioether (sulfide) groups is 1. The van der Waals surface area contributed by atoms with E-state index in [4.69, 9.17) is 11.6 Å². The van der Waals surface area contributed by atoms with Crippen molar-refractivity contribution in [1.29, 1.82) is 0 Å². The summed E-state index contributed by atoms with van der Waals surface area (Å²) in [6.45, 7) is 6.04. The van der Waals surface area contributed by atoms with Gasteiger partial charge in [-0.3, -0.25) is 4.57 Å². The second-order valence-corrected chi connectivity index (χ2v) is 9.53. The van der Waals surface area contributed by atoms with Crippen LogP contribution in [0.5, 0.6) is 0 Å². The molecular formula is C26H25ClFN5OS. The topological polar surface area (TPSA) is 71.8 Å². The van der Waals surface area contributed by atoms with Gasteiger partial charge in [-0.05, 0) is 67.3 Å². The number of aromatic nitrogens is 3. The van der Waals surface area contributed by atoms with Crippen LogP contribution in [0.3, 0.4) is 0 Å². The van der Waals surface area contributed by atoms with Gasteiger partial charge in [0.2, 0.25) is 0 Å². The monoisotopic (exact) mass is 509 g/mol. The second-order valence-electron chi connectivity index (χ2n) is 8.15. The number of rotatable bonds is 7.